The van der Waals surface area contributed by atoms with Crippen LogP contribution in [0.25, 0.3) is 22.6 Å². The van der Waals surface area contributed by atoms with Crippen LogP contribution in [0, 0.1) is 5.92 Å². The number of hydrogen-bond acceptors (Lipinski definition) is 3. The van der Waals surface area contributed by atoms with Gasteiger partial charge in [-0.05, 0) is 30.2 Å². The summed E-state index contributed by atoms with van der Waals surface area (Å²) in [4.78, 5) is 16.3. The Balaban J connectivity index is 1.86. The Morgan fingerprint density at radius 3 is 2.68 bits per heavy atom. The Hall–Kier alpha value is -2.62. The Kier molecular flexibility index (Phi) is 3.92. The van der Waals surface area contributed by atoms with Gasteiger partial charge in [-0.2, -0.15) is 0 Å². The first kappa shape index (κ1) is 14.3. The molecule has 0 aliphatic heterocycles. The molecule has 1 heterocycles. The molecule has 4 nitrogen and oxygen atoms in total. The van der Waals surface area contributed by atoms with Crippen molar-refractivity contribution < 1.29 is 9.21 Å². The van der Waals surface area contributed by atoms with Crippen molar-refractivity contribution in [2.24, 2.45) is 5.92 Å². The standard InChI is InChI=1S/C18H18N2O2/c1-12(2)10-17(21)19-14-8-9-15-16(11-14)22-18(20-15)13-6-4-3-5-7-13/h3-9,11-12H,10H2,1-2H3,(H,19,21). The summed E-state index contributed by atoms with van der Waals surface area (Å²) < 4.78 is 5.80. The molecule has 0 saturated carbocycles. The fourth-order valence-electron chi connectivity index (χ4n) is 2.29. The van der Waals surface area contributed by atoms with Crippen LogP contribution in [0.4, 0.5) is 5.69 Å². The topological polar surface area (TPSA) is 55.1 Å². The summed E-state index contributed by atoms with van der Waals surface area (Å²) in [5.74, 6) is 0.928. The third kappa shape index (κ3) is 3.17. The molecule has 1 N–H and O–H groups in total. The Morgan fingerprint density at radius 2 is 1.95 bits per heavy atom. The van der Waals surface area contributed by atoms with Crippen molar-refractivity contribution >= 4 is 22.7 Å². The molecule has 0 spiro atoms. The van der Waals surface area contributed by atoms with Crippen molar-refractivity contribution in [2.45, 2.75) is 20.3 Å². The zero-order chi connectivity index (χ0) is 15.5. The highest BCUT2D eigenvalue weighted by Gasteiger charge is 2.10. The molecule has 0 fully saturated rings. The molecule has 2 aromatic carbocycles. The van der Waals surface area contributed by atoms with Gasteiger partial charge in [-0.15, -0.1) is 0 Å². The molecular weight excluding hydrogens is 276 g/mol. The van der Waals surface area contributed by atoms with Gasteiger partial charge in [0.25, 0.3) is 0 Å². The molecule has 0 bridgehead atoms. The third-order valence-electron chi connectivity index (χ3n) is 3.29. The maximum atomic E-state index is 11.8. The molecule has 112 valence electrons. The number of carbonyl (C=O) groups excluding carboxylic acids is 1. The molecular formula is C18H18N2O2. The van der Waals surface area contributed by atoms with Gasteiger partial charge in [0.05, 0.1) is 0 Å². The highest BCUT2D eigenvalue weighted by molar-refractivity contribution is 5.93. The second-order valence-corrected chi connectivity index (χ2v) is 5.71. The van der Waals surface area contributed by atoms with Gasteiger partial charge in [0.1, 0.15) is 5.52 Å². The van der Waals surface area contributed by atoms with E-state index in [2.05, 4.69) is 10.3 Å². The van der Waals surface area contributed by atoms with Gasteiger partial charge in [-0.3, -0.25) is 4.79 Å². The highest BCUT2D eigenvalue weighted by atomic mass is 16.3. The van der Waals surface area contributed by atoms with E-state index >= 15 is 0 Å². The first-order chi connectivity index (χ1) is 10.6. The lowest BCUT2D eigenvalue weighted by molar-refractivity contribution is -0.116. The highest BCUT2D eigenvalue weighted by Crippen LogP contribution is 2.26. The second-order valence-electron chi connectivity index (χ2n) is 5.71. The fourth-order valence-corrected chi connectivity index (χ4v) is 2.29. The molecule has 0 unspecified atom stereocenters. The lowest BCUT2D eigenvalue weighted by atomic mass is 10.1. The van der Waals surface area contributed by atoms with E-state index in [9.17, 15) is 4.79 Å². The maximum Gasteiger partial charge on any atom is 0.227 e. The molecule has 22 heavy (non-hydrogen) atoms. The van der Waals surface area contributed by atoms with Crippen molar-refractivity contribution in [1.82, 2.24) is 4.98 Å². The SMILES string of the molecule is CC(C)CC(=O)Nc1ccc2nc(-c3ccccc3)oc2c1. The number of benzene rings is 2. The van der Waals surface area contributed by atoms with E-state index in [1.165, 1.54) is 0 Å². The lowest BCUT2D eigenvalue weighted by Gasteiger charge is -2.06. The molecule has 0 atom stereocenters. The van der Waals surface area contributed by atoms with E-state index in [0.29, 0.717) is 23.8 Å². The summed E-state index contributed by atoms with van der Waals surface area (Å²) >= 11 is 0. The molecule has 4 heteroatoms. The quantitative estimate of drug-likeness (QED) is 0.772. The molecule has 3 rings (SSSR count). The Bertz CT molecular complexity index is 791. The number of fused-ring (bicyclic) bond motifs is 1. The zero-order valence-electron chi connectivity index (χ0n) is 12.7. The van der Waals surface area contributed by atoms with E-state index < -0.39 is 0 Å². The molecule has 0 radical (unpaired) electrons. The summed E-state index contributed by atoms with van der Waals surface area (Å²) in [5, 5.41) is 2.89. The second kappa shape index (κ2) is 6.02. The number of rotatable bonds is 4. The van der Waals surface area contributed by atoms with Crippen LogP contribution in [0.2, 0.25) is 0 Å². The van der Waals surface area contributed by atoms with Crippen LogP contribution in [0.1, 0.15) is 20.3 Å². The molecule has 0 aliphatic carbocycles. The number of nitrogens with zero attached hydrogens (tertiary/aromatic N) is 1. The van der Waals surface area contributed by atoms with E-state index in [1.807, 2.05) is 62.4 Å². The van der Waals surface area contributed by atoms with Crippen LogP contribution in [0.5, 0.6) is 0 Å². The van der Waals surface area contributed by atoms with Gasteiger partial charge in [0.15, 0.2) is 5.58 Å². The number of aromatic nitrogens is 1. The number of anilines is 1. The van der Waals surface area contributed by atoms with E-state index in [4.69, 9.17) is 4.42 Å². The Labute approximate surface area is 129 Å². The predicted molar refractivity (Wildman–Crippen MR) is 87.5 cm³/mol. The van der Waals surface area contributed by atoms with Gasteiger partial charge in [-0.25, -0.2) is 4.98 Å². The van der Waals surface area contributed by atoms with E-state index in [1.54, 1.807) is 0 Å². The smallest absolute Gasteiger partial charge is 0.227 e. The largest absolute Gasteiger partial charge is 0.436 e. The van der Waals surface area contributed by atoms with Crippen molar-refractivity contribution in [1.29, 1.82) is 0 Å². The minimum absolute atomic E-state index is 0.0112. The van der Waals surface area contributed by atoms with Crippen LogP contribution < -0.4 is 5.32 Å². The zero-order valence-corrected chi connectivity index (χ0v) is 12.7. The number of carbonyl (C=O) groups is 1. The summed E-state index contributed by atoms with van der Waals surface area (Å²) in [6.45, 7) is 4.04. The molecule has 3 aromatic rings. The van der Waals surface area contributed by atoms with Crippen LogP contribution in [-0.4, -0.2) is 10.9 Å². The first-order valence-corrected chi connectivity index (χ1v) is 7.37. The molecule has 0 aliphatic rings. The third-order valence-corrected chi connectivity index (χ3v) is 3.29. The van der Waals surface area contributed by atoms with Crippen LogP contribution >= 0.6 is 0 Å². The van der Waals surface area contributed by atoms with Crippen LogP contribution in [0.15, 0.2) is 52.9 Å². The maximum absolute atomic E-state index is 11.8. The van der Waals surface area contributed by atoms with Gasteiger partial charge >= 0.3 is 0 Å². The predicted octanol–water partition coefficient (Wildman–Crippen LogP) is 4.48. The number of nitrogens with one attached hydrogen (secondary N) is 1. The molecule has 0 saturated heterocycles. The number of hydrogen-bond donors (Lipinski definition) is 1. The van der Waals surface area contributed by atoms with Crippen LogP contribution in [0.3, 0.4) is 0 Å². The van der Waals surface area contributed by atoms with Gasteiger partial charge in [-0.1, -0.05) is 32.0 Å². The summed E-state index contributed by atoms with van der Waals surface area (Å²) in [6, 6.07) is 15.3. The van der Waals surface area contributed by atoms with E-state index in [0.717, 1.165) is 16.8 Å². The fraction of sp³-hybridized carbons (Fsp3) is 0.222. The van der Waals surface area contributed by atoms with Gasteiger partial charge in [0, 0.05) is 23.7 Å². The van der Waals surface area contributed by atoms with Crippen molar-refractivity contribution in [3.05, 3.63) is 48.5 Å². The monoisotopic (exact) mass is 294 g/mol. The average Bonchev–Trinajstić information content (AvgIpc) is 2.90. The van der Waals surface area contributed by atoms with Crippen LogP contribution in [-0.2, 0) is 4.79 Å². The number of oxazole rings is 1. The first-order valence-electron chi connectivity index (χ1n) is 7.37. The van der Waals surface area contributed by atoms with Gasteiger partial charge < -0.3 is 9.73 Å². The average molecular weight is 294 g/mol. The Morgan fingerprint density at radius 1 is 1.18 bits per heavy atom. The molecule has 1 amide bonds. The van der Waals surface area contributed by atoms with Crippen molar-refractivity contribution in [3.8, 4) is 11.5 Å². The van der Waals surface area contributed by atoms with Crippen molar-refractivity contribution in [2.75, 3.05) is 5.32 Å². The summed E-state index contributed by atoms with van der Waals surface area (Å²) in [7, 11) is 0. The van der Waals surface area contributed by atoms with Gasteiger partial charge in [0.2, 0.25) is 11.8 Å². The summed E-state index contributed by atoms with van der Waals surface area (Å²) in [6.07, 6.45) is 0.504. The van der Waals surface area contributed by atoms with Crippen molar-refractivity contribution in [3.63, 3.8) is 0 Å². The summed E-state index contributed by atoms with van der Waals surface area (Å²) in [5.41, 5.74) is 3.11. The number of amides is 1. The normalized spacial score (nSPS) is 11.0. The van der Waals surface area contributed by atoms with E-state index in [-0.39, 0.29) is 5.91 Å². The lowest BCUT2D eigenvalue weighted by Crippen LogP contribution is -2.13. The minimum atomic E-state index is 0.0112. The molecule has 1 aromatic heterocycles. The minimum Gasteiger partial charge on any atom is -0.436 e.